The average molecular weight is 366 g/mol. The number of halogens is 3. The molecule has 104 valence electrons. The lowest BCUT2D eigenvalue weighted by atomic mass is 10.1. The Kier molecular flexibility index (Phi) is 6.26. The van der Waals surface area contributed by atoms with Crippen LogP contribution in [0, 0.1) is 0 Å². The average Bonchev–Trinajstić information content (AvgIpc) is 2.73. The maximum absolute atomic E-state index is 4.28. The Morgan fingerprint density at radius 3 is 2.89 bits per heavy atom. The van der Waals surface area contributed by atoms with Crippen molar-refractivity contribution in [3.63, 3.8) is 0 Å². The van der Waals surface area contributed by atoms with Crippen molar-refractivity contribution in [1.29, 1.82) is 0 Å². The van der Waals surface area contributed by atoms with Gasteiger partial charge in [0.2, 0.25) is 0 Å². The summed E-state index contributed by atoms with van der Waals surface area (Å²) in [6, 6.07) is 8.33. The van der Waals surface area contributed by atoms with E-state index in [1.54, 1.807) is 0 Å². The lowest BCUT2D eigenvalue weighted by molar-refractivity contribution is 0.496. The Hall–Kier alpha value is -0.620. The molecule has 7 heteroatoms. The molecule has 0 amide bonds. The SMILES string of the molecule is Brc1cccc(Cc2nnc3n2CCNC3)c1.Cl.Cl. The smallest absolute Gasteiger partial charge is 0.147 e. The van der Waals surface area contributed by atoms with Gasteiger partial charge in [0.25, 0.3) is 0 Å². The first-order valence-electron chi connectivity index (χ1n) is 5.69. The van der Waals surface area contributed by atoms with Crippen molar-refractivity contribution in [2.75, 3.05) is 6.54 Å². The maximum Gasteiger partial charge on any atom is 0.147 e. The van der Waals surface area contributed by atoms with Crippen molar-refractivity contribution in [3.8, 4) is 0 Å². The summed E-state index contributed by atoms with van der Waals surface area (Å²) in [5.74, 6) is 2.10. The third-order valence-corrected chi connectivity index (χ3v) is 3.44. The largest absolute Gasteiger partial charge is 0.312 e. The molecule has 0 saturated carbocycles. The molecule has 0 spiro atoms. The second-order valence-corrected chi connectivity index (χ2v) is 5.08. The van der Waals surface area contributed by atoms with E-state index in [2.05, 4.69) is 54.2 Å². The Labute approximate surface area is 132 Å². The van der Waals surface area contributed by atoms with Gasteiger partial charge in [0.05, 0.1) is 6.54 Å². The molecule has 1 N–H and O–H groups in total. The fourth-order valence-corrected chi connectivity index (χ4v) is 2.56. The Morgan fingerprint density at radius 2 is 2.11 bits per heavy atom. The van der Waals surface area contributed by atoms with E-state index in [-0.39, 0.29) is 24.8 Å². The molecule has 3 rings (SSSR count). The summed E-state index contributed by atoms with van der Waals surface area (Å²) in [4.78, 5) is 0. The number of nitrogens with one attached hydrogen (secondary N) is 1. The van der Waals surface area contributed by atoms with Crippen LogP contribution in [0.2, 0.25) is 0 Å². The molecule has 0 bridgehead atoms. The zero-order chi connectivity index (χ0) is 11.7. The maximum atomic E-state index is 4.28. The third-order valence-electron chi connectivity index (χ3n) is 2.95. The van der Waals surface area contributed by atoms with E-state index in [9.17, 15) is 0 Å². The highest BCUT2D eigenvalue weighted by atomic mass is 79.9. The van der Waals surface area contributed by atoms with E-state index in [0.717, 1.165) is 42.2 Å². The van der Waals surface area contributed by atoms with Crippen LogP contribution in [-0.2, 0) is 19.5 Å². The summed E-state index contributed by atoms with van der Waals surface area (Å²) in [5.41, 5.74) is 1.26. The van der Waals surface area contributed by atoms with Gasteiger partial charge >= 0.3 is 0 Å². The van der Waals surface area contributed by atoms with Gasteiger partial charge in [0.15, 0.2) is 0 Å². The number of nitrogens with zero attached hydrogens (tertiary/aromatic N) is 3. The van der Waals surface area contributed by atoms with Crippen molar-refractivity contribution >= 4 is 40.7 Å². The molecule has 19 heavy (non-hydrogen) atoms. The Bertz CT molecular complexity index is 544. The van der Waals surface area contributed by atoms with E-state index in [1.807, 2.05) is 6.07 Å². The van der Waals surface area contributed by atoms with Crippen LogP contribution >= 0.6 is 40.7 Å². The fraction of sp³-hybridized carbons (Fsp3) is 0.333. The van der Waals surface area contributed by atoms with Gasteiger partial charge in [-0.25, -0.2) is 0 Å². The normalized spacial score (nSPS) is 13.1. The number of hydrogen-bond donors (Lipinski definition) is 1. The molecule has 1 aliphatic rings. The van der Waals surface area contributed by atoms with Gasteiger partial charge in [-0.15, -0.1) is 35.0 Å². The standard InChI is InChI=1S/C12H13BrN4.2ClH/c13-10-3-1-2-9(6-10)7-11-15-16-12-8-14-4-5-17(11)12;;/h1-3,6,14H,4-5,7-8H2;2*1H. The molecule has 1 aromatic heterocycles. The molecule has 0 atom stereocenters. The van der Waals surface area contributed by atoms with Crippen molar-refractivity contribution in [3.05, 3.63) is 46.0 Å². The van der Waals surface area contributed by atoms with Crippen molar-refractivity contribution in [2.45, 2.75) is 19.5 Å². The van der Waals surface area contributed by atoms with Gasteiger partial charge in [-0.3, -0.25) is 0 Å². The van der Waals surface area contributed by atoms with Crippen molar-refractivity contribution in [2.24, 2.45) is 0 Å². The molecule has 0 unspecified atom stereocenters. The van der Waals surface area contributed by atoms with Gasteiger partial charge in [-0.05, 0) is 17.7 Å². The number of hydrogen-bond acceptors (Lipinski definition) is 3. The highest BCUT2D eigenvalue weighted by Crippen LogP contribution is 2.15. The second-order valence-electron chi connectivity index (χ2n) is 4.17. The minimum Gasteiger partial charge on any atom is -0.312 e. The summed E-state index contributed by atoms with van der Waals surface area (Å²) >= 11 is 3.49. The summed E-state index contributed by atoms with van der Waals surface area (Å²) in [6.45, 7) is 2.79. The van der Waals surface area contributed by atoms with Crippen LogP contribution in [-0.4, -0.2) is 21.3 Å². The van der Waals surface area contributed by atoms with Crippen LogP contribution in [0.3, 0.4) is 0 Å². The lowest BCUT2D eigenvalue weighted by Gasteiger charge is -2.15. The molecule has 4 nitrogen and oxygen atoms in total. The van der Waals surface area contributed by atoms with Crippen LogP contribution in [0.25, 0.3) is 0 Å². The summed E-state index contributed by atoms with van der Waals surface area (Å²) in [5, 5.41) is 11.8. The molecule has 2 aromatic rings. The quantitative estimate of drug-likeness (QED) is 0.889. The first-order chi connectivity index (χ1) is 8.33. The van der Waals surface area contributed by atoms with Crippen LogP contribution in [0.15, 0.2) is 28.7 Å². The van der Waals surface area contributed by atoms with Gasteiger partial charge in [-0.2, -0.15) is 0 Å². The molecular weight excluding hydrogens is 351 g/mol. The van der Waals surface area contributed by atoms with Gasteiger partial charge in [0.1, 0.15) is 11.6 Å². The van der Waals surface area contributed by atoms with Crippen LogP contribution in [0.1, 0.15) is 17.2 Å². The lowest BCUT2D eigenvalue weighted by Crippen LogP contribution is -2.29. The Morgan fingerprint density at radius 1 is 1.26 bits per heavy atom. The summed E-state index contributed by atoms with van der Waals surface area (Å²) < 4.78 is 3.33. The number of benzene rings is 1. The third kappa shape index (κ3) is 3.69. The number of rotatable bonds is 2. The van der Waals surface area contributed by atoms with Crippen LogP contribution in [0.4, 0.5) is 0 Å². The van der Waals surface area contributed by atoms with E-state index >= 15 is 0 Å². The first-order valence-corrected chi connectivity index (χ1v) is 6.48. The minimum absolute atomic E-state index is 0. The molecule has 2 heterocycles. The fourth-order valence-electron chi connectivity index (χ4n) is 2.11. The zero-order valence-electron chi connectivity index (χ0n) is 10.2. The van der Waals surface area contributed by atoms with Crippen LogP contribution < -0.4 is 5.32 Å². The van der Waals surface area contributed by atoms with Gasteiger partial charge < -0.3 is 9.88 Å². The van der Waals surface area contributed by atoms with Crippen molar-refractivity contribution in [1.82, 2.24) is 20.1 Å². The topological polar surface area (TPSA) is 42.7 Å². The molecule has 1 aromatic carbocycles. The number of aromatic nitrogens is 3. The second kappa shape index (κ2) is 7.24. The number of fused-ring (bicyclic) bond motifs is 1. The van der Waals surface area contributed by atoms with E-state index in [1.165, 1.54) is 5.56 Å². The highest BCUT2D eigenvalue weighted by Gasteiger charge is 2.15. The van der Waals surface area contributed by atoms with E-state index < -0.39 is 0 Å². The predicted octanol–water partition coefficient (Wildman–Crippen LogP) is 2.58. The molecule has 0 fully saturated rings. The van der Waals surface area contributed by atoms with Crippen LogP contribution in [0.5, 0.6) is 0 Å². The Balaban J connectivity index is 0.000000902. The predicted molar refractivity (Wildman–Crippen MR) is 83.2 cm³/mol. The molecular formula is C12H15BrCl2N4. The van der Waals surface area contributed by atoms with Gasteiger partial charge in [0, 0.05) is 24.0 Å². The highest BCUT2D eigenvalue weighted by molar-refractivity contribution is 9.10. The minimum atomic E-state index is 0. The molecule has 0 saturated heterocycles. The molecule has 1 aliphatic heterocycles. The van der Waals surface area contributed by atoms with Crippen molar-refractivity contribution < 1.29 is 0 Å². The summed E-state index contributed by atoms with van der Waals surface area (Å²) in [7, 11) is 0. The van der Waals surface area contributed by atoms with E-state index in [4.69, 9.17) is 0 Å². The summed E-state index contributed by atoms with van der Waals surface area (Å²) in [6.07, 6.45) is 0.840. The molecule has 0 aliphatic carbocycles. The monoisotopic (exact) mass is 364 g/mol. The molecule has 0 radical (unpaired) electrons. The van der Waals surface area contributed by atoms with E-state index in [0.29, 0.717) is 0 Å². The van der Waals surface area contributed by atoms with Gasteiger partial charge in [-0.1, -0.05) is 28.1 Å². The zero-order valence-corrected chi connectivity index (χ0v) is 13.4. The first kappa shape index (κ1) is 16.4.